The summed E-state index contributed by atoms with van der Waals surface area (Å²) in [5.74, 6) is 0.716. The molecule has 46 heavy (non-hydrogen) atoms. The Morgan fingerprint density at radius 2 is 1.11 bits per heavy atom. The van der Waals surface area contributed by atoms with Crippen molar-refractivity contribution in [3.8, 4) is 33.8 Å². The molecule has 0 aliphatic rings. The van der Waals surface area contributed by atoms with Crippen LogP contribution in [0.25, 0.3) is 97.6 Å². The van der Waals surface area contributed by atoms with Crippen molar-refractivity contribution in [2.75, 3.05) is 0 Å². The van der Waals surface area contributed by atoms with Gasteiger partial charge in [0.1, 0.15) is 11.2 Å². The number of hydrogen-bond acceptors (Lipinski definition) is 4. The molecule has 0 saturated carbocycles. The van der Waals surface area contributed by atoms with E-state index in [4.69, 9.17) is 14.4 Å². The van der Waals surface area contributed by atoms with Crippen LogP contribution in [0.4, 0.5) is 0 Å². The predicted molar refractivity (Wildman–Crippen MR) is 194 cm³/mol. The highest BCUT2D eigenvalue weighted by Gasteiger charge is 2.15. The van der Waals surface area contributed by atoms with Crippen molar-refractivity contribution >= 4 is 75.1 Å². The number of aromatic nitrogens is 2. The van der Waals surface area contributed by atoms with Gasteiger partial charge in [-0.15, -0.1) is 11.3 Å². The highest BCUT2D eigenvalue weighted by Crippen LogP contribution is 2.38. The molecular formula is C42H24N2OS. The van der Waals surface area contributed by atoms with Crippen molar-refractivity contribution in [3.05, 3.63) is 146 Å². The molecule has 10 rings (SSSR count). The molecule has 0 bridgehead atoms. The molecule has 0 amide bonds. The van der Waals surface area contributed by atoms with Gasteiger partial charge in [-0.2, -0.15) is 0 Å². The van der Waals surface area contributed by atoms with Crippen molar-refractivity contribution in [1.29, 1.82) is 0 Å². The molecule has 0 spiro atoms. The third kappa shape index (κ3) is 3.91. The Kier molecular flexibility index (Phi) is 5.45. The third-order valence-corrected chi connectivity index (χ3v) is 10.2. The van der Waals surface area contributed by atoms with E-state index < -0.39 is 0 Å². The molecule has 0 saturated heterocycles. The van der Waals surface area contributed by atoms with Crippen LogP contribution in [-0.4, -0.2) is 9.97 Å². The van der Waals surface area contributed by atoms with Crippen LogP contribution < -0.4 is 0 Å². The summed E-state index contributed by atoms with van der Waals surface area (Å²) in [5.41, 5.74) is 8.11. The number of rotatable bonds is 3. The van der Waals surface area contributed by atoms with E-state index in [0.29, 0.717) is 5.82 Å². The number of furan rings is 1. The fourth-order valence-corrected chi connectivity index (χ4v) is 7.95. The predicted octanol–water partition coefficient (Wildman–Crippen LogP) is 12.1. The third-order valence-electron chi connectivity index (χ3n) is 9.09. The second-order valence-corrected chi connectivity index (χ2v) is 12.9. The van der Waals surface area contributed by atoms with Gasteiger partial charge in [0, 0.05) is 52.8 Å². The van der Waals surface area contributed by atoms with Gasteiger partial charge < -0.3 is 4.42 Å². The second kappa shape index (κ2) is 9.83. The van der Waals surface area contributed by atoms with Gasteiger partial charge in [-0.3, -0.25) is 0 Å². The number of para-hydroxylation sites is 2. The van der Waals surface area contributed by atoms with E-state index in [-0.39, 0.29) is 0 Å². The molecule has 10 aromatic rings. The molecule has 0 fully saturated rings. The van der Waals surface area contributed by atoms with Gasteiger partial charge in [-0.05, 0) is 59.0 Å². The minimum atomic E-state index is 0.716. The first kappa shape index (κ1) is 25.5. The lowest BCUT2D eigenvalue weighted by Gasteiger charge is -2.11. The van der Waals surface area contributed by atoms with E-state index >= 15 is 0 Å². The zero-order valence-electron chi connectivity index (χ0n) is 24.6. The summed E-state index contributed by atoms with van der Waals surface area (Å²) < 4.78 is 8.94. The Balaban J connectivity index is 1.06. The number of benzene rings is 7. The summed E-state index contributed by atoms with van der Waals surface area (Å²) in [6, 6.07) is 51.4. The fraction of sp³-hybridized carbons (Fsp3) is 0. The van der Waals surface area contributed by atoms with E-state index in [2.05, 4.69) is 127 Å². The van der Waals surface area contributed by atoms with Gasteiger partial charge in [0.2, 0.25) is 0 Å². The largest absolute Gasteiger partial charge is 0.455 e. The molecule has 214 valence electrons. The first-order valence-corrected chi connectivity index (χ1v) is 16.2. The monoisotopic (exact) mass is 604 g/mol. The standard InChI is InChI=1S/C42H24N2OS/c1-4-10-36-35(9-1)40(29-19-20-30-28(23-29)18-22-34-31-7-2-5-11-37(31)45-41(30)34)44-42(43-36)26-15-13-25(14-16-26)27-17-21-33-32-8-3-6-12-38(32)46-39(33)24-27/h1-24H. The zero-order valence-corrected chi connectivity index (χ0v) is 25.4. The Hall–Kier alpha value is -5.84. The van der Waals surface area contributed by atoms with Crippen molar-refractivity contribution in [1.82, 2.24) is 9.97 Å². The van der Waals surface area contributed by atoms with E-state index in [0.717, 1.165) is 60.4 Å². The van der Waals surface area contributed by atoms with E-state index in [1.807, 2.05) is 29.5 Å². The number of nitrogens with zero attached hydrogens (tertiary/aromatic N) is 2. The molecule has 4 heteroatoms. The van der Waals surface area contributed by atoms with Crippen LogP contribution in [0, 0.1) is 0 Å². The lowest BCUT2D eigenvalue weighted by molar-refractivity contribution is 0.672. The molecule has 3 heterocycles. The van der Waals surface area contributed by atoms with Gasteiger partial charge >= 0.3 is 0 Å². The summed E-state index contributed by atoms with van der Waals surface area (Å²) >= 11 is 1.85. The van der Waals surface area contributed by atoms with Crippen molar-refractivity contribution in [2.45, 2.75) is 0 Å². The summed E-state index contributed by atoms with van der Waals surface area (Å²) in [4.78, 5) is 10.2. The minimum Gasteiger partial charge on any atom is -0.455 e. The maximum Gasteiger partial charge on any atom is 0.160 e. The van der Waals surface area contributed by atoms with E-state index in [1.165, 1.54) is 31.3 Å². The van der Waals surface area contributed by atoms with Gasteiger partial charge in [0.05, 0.1) is 11.2 Å². The zero-order chi connectivity index (χ0) is 30.2. The maximum absolute atomic E-state index is 6.31. The first-order chi connectivity index (χ1) is 22.8. The topological polar surface area (TPSA) is 38.9 Å². The summed E-state index contributed by atoms with van der Waals surface area (Å²) in [6.07, 6.45) is 0. The Bertz CT molecular complexity index is 2810. The molecule has 0 aliphatic heterocycles. The minimum absolute atomic E-state index is 0.716. The molecule has 3 aromatic heterocycles. The Morgan fingerprint density at radius 3 is 2.02 bits per heavy atom. The molecule has 7 aromatic carbocycles. The van der Waals surface area contributed by atoms with Crippen LogP contribution in [0.1, 0.15) is 0 Å². The van der Waals surface area contributed by atoms with E-state index in [9.17, 15) is 0 Å². The van der Waals surface area contributed by atoms with Crippen LogP contribution in [0.15, 0.2) is 150 Å². The van der Waals surface area contributed by atoms with Crippen LogP contribution >= 0.6 is 11.3 Å². The van der Waals surface area contributed by atoms with Crippen LogP contribution in [0.2, 0.25) is 0 Å². The van der Waals surface area contributed by atoms with E-state index in [1.54, 1.807) is 0 Å². The van der Waals surface area contributed by atoms with Crippen molar-refractivity contribution in [2.24, 2.45) is 0 Å². The Labute approximate surface area is 268 Å². The Morgan fingerprint density at radius 1 is 0.435 bits per heavy atom. The van der Waals surface area contributed by atoms with Crippen molar-refractivity contribution < 1.29 is 4.42 Å². The number of thiophene rings is 1. The molecule has 0 atom stereocenters. The molecule has 0 radical (unpaired) electrons. The van der Waals surface area contributed by atoms with Gasteiger partial charge in [-0.25, -0.2) is 9.97 Å². The maximum atomic E-state index is 6.31. The highest BCUT2D eigenvalue weighted by atomic mass is 32.1. The van der Waals surface area contributed by atoms with Gasteiger partial charge in [-0.1, -0.05) is 103 Å². The first-order valence-electron chi connectivity index (χ1n) is 15.4. The quantitative estimate of drug-likeness (QED) is 0.201. The van der Waals surface area contributed by atoms with Crippen LogP contribution in [0.5, 0.6) is 0 Å². The normalized spacial score (nSPS) is 11.9. The smallest absolute Gasteiger partial charge is 0.160 e. The molecular weight excluding hydrogens is 581 g/mol. The average Bonchev–Trinajstić information content (AvgIpc) is 3.69. The molecule has 0 aliphatic carbocycles. The molecule has 3 nitrogen and oxygen atoms in total. The molecule has 0 unspecified atom stereocenters. The van der Waals surface area contributed by atoms with Gasteiger partial charge in [0.15, 0.2) is 5.82 Å². The number of fused-ring (bicyclic) bond motifs is 9. The lowest BCUT2D eigenvalue weighted by atomic mass is 9.99. The average molecular weight is 605 g/mol. The SMILES string of the molecule is c1ccc2c(-c3ccc4c(ccc5c6ccccc6oc45)c3)nc(-c3ccc(-c4ccc5c(c4)sc4ccccc45)cc3)nc2c1. The number of hydrogen-bond donors (Lipinski definition) is 0. The highest BCUT2D eigenvalue weighted by molar-refractivity contribution is 7.25. The summed E-state index contributed by atoms with van der Waals surface area (Å²) in [5, 5.41) is 8.16. The summed E-state index contributed by atoms with van der Waals surface area (Å²) in [6.45, 7) is 0. The van der Waals surface area contributed by atoms with Gasteiger partial charge in [0.25, 0.3) is 0 Å². The van der Waals surface area contributed by atoms with Crippen LogP contribution in [0.3, 0.4) is 0 Å². The lowest BCUT2D eigenvalue weighted by Crippen LogP contribution is -1.95. The second-order valence-electron chi connectivity index (χ2n) is 11.8. The fourth-order valence-electron chi connectivity index (χ4n) is 6.80. The summed E-state index contributed by atoms with van der Waals surface area (Å²) in [7, 11) is 0. The van der Waals surface area contributed by atoms with Crippen LogP contribution in [-0.2, 0) is 0 Å². The van der Waals surface area contributed by atoms with Crippen molar-refractivity contribution in [3.63, 3.8) is 0 Å². The molecule has 0 N–H and O–H groups in total.